The van der Waals surface area contributed by atoms with Crippen LogP contribution in [0.15, 0.2) is 54.7 Å². The molecule has 1 aliphatic rings. The number of fused-ring (bicyclic) bond motifs is 1. The first-order chi connectivity index (χ1) is 16.6. The number of carboxylic acids is 1. The lowest BCUT2D eigenvalue weighted by atomic mass is 9.94. The van der Waals surface area contributed by atoms with Crippen molar-refractivity contribution in [2.45, 2.75) is 38.5 Å². The fourth-order valence-electron chi connectivity index (χ4n) is 4.59. The van der Waals surface area contributed by atoms with Crippen LogP contribution in [0.2, 0.25) is 0 Å². The average Bonchev–Trinajstić information content (AvgIpc) is 2.82. The van der Waals surface area contributed by atoms with E-state index in [1.54, 1.807) is 42.2 Å². The quantitative estimate of drug-likeness (QED) is 0.505. The number of aromatic nitrogens is 1. The van der Waals surface area contributed by atoms with E-state index in [1.807, 2.05) is 0 Å². The van der Waals surface area contributed by atoms with Crippen molar-refractivity contribution in [3.63, 3.8) is 0 Å². The Morgan fingerprint density at radius 1 is 1.17 bits per heavy atom. The Bertz CT molecular complexity index is 1240. The molecule has 0 unspecified atom stereocenters. The van der Waals surface area contributed by atoms with Gasteiger partial charge in [0.05, 0.1) is 11.1 Å². The zero-order chi connectivity index (χ0) is 25.2. The van der Waals surface area contributed by atoms with E-state index in [1.165, 1.54) is 18.3 Å². The smallest absolute Gasteiger partial charge is 0.417 e. The standard InChI is InChI=1S/C26H25F3N2O4/c1-16(25(34)31-12-4-5-17(15-31)13-24(32)33)35-18-8-9-21-19(10-11-30-23(21)14-18)20-6-2-3-7-22(20)26(27,28)29/h2-3,6-11,14,16-17H,4-5,12-13,15H2,1H3,(H,32,33)/t16-,17-/m1/s1. The van der Waals surface area contributed by atoms with Crippen molar-refractivity contribution in [1.82, 2.24) is 9.88 Å². The minimum Gasteiger partial charge on any atom is -0.481 e. The predicted octanol–water partition coefficient (Wildman–Crippen LogP) is 5.40. The van der Waals surface area contributed by atoms with Crippen LogP contribution in [0.25, 0.3) is 22.0 Å². The van der Waals surface area contributed by atoms with Crippen molar-refractivity contribution in [2.24, 2.45) is 5.92 Å². The number of carboxylic acid groups (broad SMARTS) is 1. The summed E-state index contributed by atoms with van der Waals surface area (Å²) in [4.78, 5) is 29.8. The number of likely N-dealkylation sites (tertiary alicyclic amines) is 1. The van der Waals surface area contributed by atoms with Crippen LogP contribution in [-0.4, -0.2) is 46.1 Å². The second kappa shape index (κ2) is 9.93. The van der Waals surface area contributed by atoms with Gasteiger partial charge in [-0.15, -0.1) is 0 Å². The molecule has 0 radical (unpaired) electrons. The fourth-order valence-corrected chi connectivity index (χ4v) is 4.59. The molecule has 0 aliphatic carbocycles. The van der Waals surface area contributed by atoms with Crippen LogP contribution in [0.5, 0.6) is 5.75 Å². The largest absolute Gasteiger partial charge is 0.481 e. The number of ether oxygens (including phenoxy) is 1. The van der Waals surface area contributed by atoms with Gasteiger partial charge in [-0.3, -0.25) is 14.6 Å². The maximum absolute atomic E-state index is 13.6. The third-order valence-corrected chi connectivity index (χ3v) is 6.19. The third-order valence-electron chi connectivity index (χ3n) is 6.19. The highest BCUT2D eigenvalue weighted by Gasteiger charge is 2.34. The number of hydrogen-bond donors (Lipinski definition) is 1. The maximum Gasteiger partial charge on any atom is 0.417 e. The predicted molar refractivity (Wildman–Crippen MR) is 124 cm³/mol. The molecule has 0 saturated carbocycles. The van der Waals surface area contributed by atoms with Crippen LogP contribution in [0.3, 0.4) is 0 Å². The number of rotatable bonds is 6. The summed E-state index contributed by atoms with van der Waals surface area (Å²) in [5, 5.41) is 9.57. The summed E-state index contributed by atoms with van der Waals surface area (Å²) in [6.45, 7) is 2.54. The summed E-state index contributed by atoms with van der Waals surface area (Å²) in [7, 11) is 0. The second-order valence-electron chi connectivity index (χ2n) is 8.73. The number of hydrogen-bond acceptors (Lipinski definition) is 4. The van der Waals surface area contributed by atoms with Crippen LogP contribution in [0, 0.1) is 5.92 Å². The average molecular weight is 486 g/mol. The molecule has 4 rings (SSSR count). The number of benzene rings is 2. The number of carbonyl (C=O) groups excluding carboxylic acids is 1. The number of aliphatic carboxylic acids is 1. The zero-order valence-corrected chi connectivity index (χ0v) is 19.1. The monoisotopic (exact) mass is 486 g/mol. The number of carbonyl (C=O) groups is 2. The van der Waals surface area contributed by atoms with Gasteiger partial charge in [-0.2, -0.15) is 13.2 Å². The molecule has 184 valence electrons. The van der Waals surface area contributed by atoms with Gasteiger partial charge in [-0.05, 0) is 61.1 Å². The molecule has 1 aromatic heterocycles. The Kier molecular flexibility index (Phi) is 6.95. The molecule has 35 heavy (non-hydrogen) atoms. The van der Waals surface area contributed by atoms with Crippen LogP contribution >= 0.6 is 0 Å². The highest BCUT2D eigenvalue weighted by molar-refractivity contribution is 5.96. The summed E-state index contributed by atoms with van der Waals surface area (Å²) in [5.41, 5.74) is 0.174. The van der Waals surface area contributed by atoms with E-state index in [2.05, 4.69) is 4.98 Å². The number of halogens is 3. The van der Waals surface area contributed by atoms with E-state index in [4.69, 9.17) is 9.84 Å². The topological polar surface area (TPSA) is 79.7 Å². The Morgan fingerprint density at radius 2 is 1.94 bits per heavy atom. The zero-order valence-electron chi connectivity index (χ0n) is 19.1. The molecule has 2 heterocycles. The molecule has 2 atom stereocenters. The summed E-state index contributed by atoms with van der Waals surface area (Å²) in [6, 6.07) is 11.8. The first-order valence-electron chi connectivity index (χ1n) is 11.4. The maximum atomic E-state index is 13.6. The second-order valence-corrected chi connectivity index (χ2v) is 8.73. The number of piperidine rings is 1. The Labute approximate surface area is 200 Å². The van der Waals surface area contributed by atoms with E-state index < -0.39 is 23.8 Å². The van der Waals surface area contributed by atoms with Gasteiger partial charge in [-0.1, -0.05) is 18.2 Å². The van der Waals surface area contributed by atoms with Gasteiger partial charge in [-0.25, -0.2) is 0 Å². The molecule has 0 bridgehead atoms. The number of amides is 1. The number of pyridine rings is 1. The molecule has 0 spiro atoms. The van der Waals surface area contributed by atoms with Gasteiger partial charge in [0.25, 0.3) is 5.91 Å². The van der Waals surface area contributed by atoms with E-state index in [0.717, 1.165) is 18.9 Å². The van der Waals surface area contributed by atoms with Crippen molar-refractivity contribution in [1.29, 1.82) is 0 Å². The van der Waals surface area contributed by atoms with Crippen molar-refractivity contribution in [3.05, 3.63) is 60.3 Å². The van der Waals surface area contributed by atoms with E-state index in [9.17, 15) is 22.8 Å². The fraction of sp³-hybridized carbons (Fsp3) is 0.346. The third kappa shape index (κ3) is 5.55. The number of nitrogens with zero attached hydrogens (tertiary/aromatic N) is 2. The first kappa shape index (κ1) is 24.5. The van der Waals surface area contributed by atoms with Crippen LogP contribution < -0.4 is 4.74 Å². The van der Waals surface area contributed by atoms with Gasteiger partial charge >= 0.3 is 12.1 Å². The lowest BCUT2D eigenvalue weighted by Crippen LogP contribution is -2.46. The molecule has 9 heteroatoms. The summed E-state index contributed by atoms with van der Waals surface area (Å²) < 4.78 is 46.5. The van der Waals surface area contributed by atoms with Gasteiger partial charge in [0, 0.05) is 37.2 Å². The van der Waals surface area contributed by atoms with E-state index in [-0.39, 0.29) is 23.8 Å². The Hall–Kier alpha value is -3.62. The molecule has 1 saturated heterocycles. The molecular weight excluding hydrogens is 461 g/mol. The van der Waals surface area contributed by atoms with Crippen molar-refractivity contribution in [3.8, 4) is 16.9 Å². The lowest BCUT2D eigenvalue weighted by Gasteiger charge is -2.33. The molecule has 1 amide bonds. The molecule has 1 N–H and O–H groups in total. The molecule has 6 nitrogen and oxygen atoms in total. The molecule has 1 fully saturated rings. The molecule has 1 aliphatic heterocycles. The lowest BCUT2D eigenvalue weighted by molar-refractivity contribution is -0.143. The van der Waals surface area contributed by atoms with Crippen LogP contribution in [0.1, 0.15) is 31.7 Å². The van der Waals surface area contributed by atoms with Gasteiger partial charge in [0.15, 0.2) is 6.10 Å². The van der Waals surface area contributed by atoms with E-state index >= 15 is 0 Å². The van der Waals surface area contributed by atoms with Crippen LogP contribution in [0.4, 0.5) is 13.2 Å². The summed E-state index contributed by atoms with van der Waals surface area (Å²) >= 11 is 0. The highest BCUT2D eigenvalue weighted by atomic mass is 19.4. The Balaban J connectivity index is 1.55. The van der Waals surface area contributed by atoms with Gasteiger partial charge in [0.2, 0.25) is 0 Å². The molecule has 3 aromatic rings. The van der Waals surface area contributed by atoms with Gasteiger partial charge in [0.1, 0.15) is 5.75 Å². The summed E-state index contributed by atoms with van der Waals surface area (Å²) in [5.74, 6) is -0.832. The highest BCUT2D eigenvalue weighted by Crippen LogP contribution is 2.39. The van der Waals surface area contributed by atoms with Crippen molar-refractivity contribution >= 4 is 22.8 Å². The minimum atomic E-state index is -4.50. The van der Waals surface area contributed by atoms with Crippen LogP contribution in [-0.2, 0) is 15.8 Å². The van der Waals surface area contributed by atoms with Gasteiger partial charge < -0.3 is 14.7 Å². The minimum absolute atomic E-state index is 0.0230. The van der Waals surface area contributed by atoms with E-state index in [0.29, 0.717) is 35.3 Å². The first-order valence-corrected chi connectivity index (χ1v) is 11.4. The summed E-state index contributed by atoms with van der Waals surface area (Å²) in [6.07, 6.45) is -2.34. The SMILES string of the molecule is C[C@@H](Oc1ccc2c(-c3ccccc3C(F)(F)F)ccnc2c1)C(=O)N1CCC[C@H](CC(=O)O)C1. The van der Waals surface area contributed by atoms with Crippen molar-refractivity contribution in [2.75, 3.05) is 13.1 Å². The normalized spacial score (nSPS) is 17.3. The van der Waals surface area contributed by atoms with Crippen molar-refractivity contribution < 1.29 is 32.6 Å². The molecular formula is C26H25F3N2O4. The Morgan fingerprint density at radius 3 is 2.69 bits per heavy atom. The number of alkyl halides is 3. The molecule has 2 aromatic carbocycles.